The van der Waals surface area contributed by atoms with Gasteiger partial charge in [0.2, 0.25) is 5.89 Å². The highest BCUT2D eigenvalue weighted by atomic mass is 35.5. The van der Waals surface area contributed by atoms with E-state index in [9.17, 15) is 4.79 Å². The molecular weight excluding hydrogens is 561 g/mol. The van der Waals surface area contributed by atoms with Crippen LogP contribution in [0, 0.1) is 0 Å². The Bertz CT molecular complexity index is 1620. The van der Waals surface area contributed by atoms with Crippen molar-refractivity contribution in [2.24, 2.45) is 0 Å². The zero-order chi connectivity index (χ0) is 27.9. The summed E-state index contributed by atoms with van der Waals surface area (Å²) in [6.45, 7) is 4.16. The van der Waals surface area contributed by atoms with Crippen LogP contribution in [0.3, 0.4) is 0 Å². The van der Waals surface area contributed by atoms with Crippen LogP contribution in [0.2, 0.25) is 5.02 Å². The number of aromatic nitrogens is 2. The normalized spacial score (nSPS) is 23.9. The molecule has 1 saturated heterocycles. The number of allylic oxidation sites excluding steroid dienone is 3. The van der Waals surface area contributed by atoms with E-state index >= 15 is 0 Å². The number of alkyl halides is 1. The molecule has 0 amide bonds. The Kier molecular flexibility index (Phi) is 7.38. The smallest absolute Gasteiger partial charge is 0.218 e. The molecule has 2 atom stereocenters. The lowest BCUT2D eigenvalue weighted by atomic mass is 9.78. The number of aldehydes is 1. The summed E-state index contributed by atoms with van der Waals surface area (Å²) in [6, 6.07) is 17.7. The molecule has 204 valence electrons. The van der Waals surface area contributed by atoms with Crippen LogP contribution < -0.4 is 0 Å². The SMILES string of the molecule is CN1CCC(c2ccnc(SC3(c4nc5cc(C=O)cc(Cl)c5o4)C=CC=C(c4ccccc4)C3(C)Cl)c2)CC1. The van der Waals surface area contributed by atoms with E-state index in [1.165, 1.54) is 17.3 Å². The number of nitrogens with zero attached hydrogens (tertiary/aromatic N) is 3. The van der Waals surface area contributed by atoms with Gasteiger partial charge in [-0.3, -0.25) is 4.79 Å². The molecule has 2 aromatic heterocycles. The lowest BCUT2D eigenvalue weighted by Crippen LogP contribution is -2.44. The molecule has 2 aliphatic rings. The third-order valence-corrected chi connectivity index (χ3v) is 10.4. The van der Waals surface area contributed by atoms with E-state index in [4.69, 9.17) is 37.6 Å². The number of carbonyl (C=O) groups is 1. The molecule has 2 unspecified atom stereocenters. The number of fused-ring (bicyclic) bond motifs is 1. The van der Waals surface area contributed by atoms with Crippen LogP contribution >= 0.6 is 35.0 Å². The Morgan fingerprint density at radius 1 is 1.12 bits per heavy atom. The molecule has 1 aliphatic carbocycles. The zero-order valence-electron chi connectivity index (χ0n) is 22.3. The minimum atomic E-state index is -0.986. The molecule has 5 nitrogen and oxygen atoms in total. The van der Waals surface area contributed by atoms with Crippen LogP contribution in [-0.4, -0.2) is 46.2 Å². The third kappa shape index (κ3) is 4.81. The summed E-state index contributed by atoms with van der Waals surface area (Å²) in [5, 5.41) is 1.17. The van der Waals surface area contributed by atoms with Crippen molar-refractivity contribution >= 4 is 57.9 Å². The monoisotopic (exact) mass is 589 g/mol. The number of halogens is 2. The Morgan fingerprint density at radius 3 is 2.65 bits per heavy atom. The van der Waals surface area contributed by atoms with E-state index in [0.29, 0.717) is 33.5 Å². The Labute approximate surface area is 248 Å². The van der Waals surface area contributed by atoms with Gasteiger partial charge in [0.1, 0.15) is 16.5 Å². The molecule has 1 aliphatic heterocycles. The average molecular weight is 591 g/mol. The lowest BCUT2D eigenvalue weighted by molar-refractivity contribution is 0.112. The van der Waals surface area contributed by atoms with Crippen LogP contribution in [0.5, 0.6) is 0 Å². The maximum atomic E-state index is 11.5. The number of oxazole rings is 1. The van der Waals surface area contributed by atoms with Gasteiger partial charge in [0.05, 0.1) is 14.9 Å². The third-order valence-electron chi connectivity index (χ3n) is 8.02. The summed E-state index contributed by atoms with van der Waals surface area (Å²) in [6.07, 6.45) is 11.0. The first-order valence-corrected chi connectivity index (χ1v) is 14.9. The minimum Gasteiger partial charge on any atom is -0.437 e. The van der Waals surface area contributed by atoms with Gasteiger partial charge >= 0.3 is 0 Å². The molecular formula is C32H29Cl2N3O2S. The second-order valence-corrected chi connectivity index (χ2v) is 13.1. The minimum absolute atomic E-state index is 0.329. The van der Waals surface area contributed by atoms with Crippen molar-refractivity contribution in [2.45, 2.75) is 40.3 Å². The number of hydrogen-bond donors (Lipinski definition) is 0. The number of likely N-dealkylation sites (tertiary alicyclic amines) is 1. The highest BCUT2D eigenvalue weighted by Gasteiger charge is 2.55. The van der Waals surface area contributed by atoms with Gasteiger partial charge in [-0.05, 0) is 86.8 Å². The second kappa shape index (κ2) is 10.8. The molecule has 0 N–H and O–H groups in total. The zero-order valence-corrected chi connectivity index (χ0v) is 24.6. The van der Waals surface area contributed by atoms with Gasteiger partial charge < -0.3 is 9.32 Å². The van der Waals surface area contributed by atoms with E-state index in [1.54, 1.807) is 12.1 Å². The van der Waals surface area contributed by atoms with E-state index in [1.807, 2.05) is 49.5 Å². The number of piperidine rings is 1. The second-order valence-electron chi connectivity index (χ2n) is 10.6. The highest BCUT2D eigenvalue weighted by Crippen LogP contribution is 2.59. The average Bonchev–Trinajstić information content (AvgIpc) is 3.40. The predicted molar refractivity (Wildman–Crippen MR) is 163 cm³/mol. The van der Waals surface area contributed by atoms with Crippen molar-refractivity contribution in [1.29, 1.82) is 0 Å². The molecule has 1 fully saturated rings. The van der Waals surface area contributed by atoms with Crippen LogP contribution in [-0.2, 0) is 4.75 Å². The highest BCUT2D eigenvalue weighted by molar-refractivity contribution is 8.00. The molecule has 6 rings (SSSR count). The molecule has 0 spiro atoms. The van der Waals surface area contributed by atoms with Crippen LogP contribution in [0.1, 0.15) is 53.1 Å². The van der Waals surface area contributed by atoms with Gasteiger partial charge in [-0.15, -0.1) is 11.6 Å². The van der Waals surface area contributed by atoms with Gasteiger partial charge in [-0.25, -0.2) is 9.97 Å². The van der Waals surface area contributed by atoms with E-state index in [0.717, 1.165) is 48.4 Å². The van der Waals surface area contributed by atoms with E-state index in [2.05, 4.69) is 36.2 Å². The predicted octanol–water partition coefficient (Wildman–Crippen LogP) is 8.14. The van der Waals surface area contributed by atoms with Gasteiger partial charge in [0.15, 0.2) is 5.58 Å². The Balaban J connectivity index is 1.49. The van der Waals surface area contributed by atoms with Crippen molar-refractivity contribution in [1.82, 2.24) is 14.9 Å². The summed E-state index contributed by atoms with van der Waals surface area (Å²) in [7, 11) is 2.17. The summed E-state index contributed by atoms with van der Waals surface area (Å²) in [5.41, 5.74) is 4.61. The van der Waals surface area contributed by atoms with Crippen molar-refractivity contribution in [3.05, 3.63) is 107 Å². The number of pyridine rings is 1. The van der Waals surface area contributed by atoms with Gasteiger partial charge in [0, 0.05) is 11.8 Å². The molecule has 4 aromatic rings. The fourth-order valence-electron chi connectivity index (χ4n) is 5.70. The number of rotatable bonds is 6. The largest absolute Gasteiger partial charge is 0.437 e. The van der Waals surface area contributed by atoms with Crippen LogP contribution in [0.4, 0.5) is 0 Å². The van der Waals surface area contributed by atoms with E-state index in [-0.39, 0.29) is 0 Å². The number of thioether (sulfide) groups is 1. The van der Waals surface area contributed by atoms with Crippen LogP contribution in [0.15, 0.2) is 88.5 Å². The Morgan fingerprint density at radius 2 is 1.90 bits per heavy atom. The number of carbonyl (C=O) groups excluding carboxylic acids is 1. The van der Waals surface area contributed by atoms with Crippen molar-refractivity contribution < 1.29 is 9.21 Å². The molecule has 0 saturated carbocycles. The first kappa shape index (κ1) is 27.3. The van der Waals surface area contributed by atoms with Crippen molar-refractivity contribution in [3.63, 3.8) is 0 Å². The molecule has 0 radical (unpaired) electrons. The molecule has 2 aromatic carbocycles. The van der Waals surface area contributed by atoms with Gasteiger partial charge in [-0.1, -0.05) is 71.9 Å². The lowest BCUT2D eigenvalue weighted by Gasteiger charge is -2.43. The fraction of sp³-hybridized carbons (Fsp3) is 0.281. The molecule has 3 heterocycles. The maximum absolute atomic E-state index is 11.5. The number of benzene rings is 2. The van der Waals surface area contributed by atoms with E-state index < -0.39 is 9.62 Å². The summed E-state index contributed by atoms with van der Waals surface area (Å²) < 4.78 is 5.44. The first-order chi connectivity index (χ1) is 19.3. The molecule has 40 heavy (non-hydrogen) atoms. The Hall–Kier alpha value is -2.90. The quantitative estimate of drug-likeness (QED) is 0.167. The van der Waals surface area contributed by atoms with Gasteiger partial charge in [0.25, 0.3) is 0 Å². The molecule has 8 heteroatoms. The topological polar surface area (TPSA) is 59.2 Å². The molecule has 0 bridgehead atoms. The van der Waals surface area contributed by atoms with Crippen molar-refractivity contribution in [2.75, 3.05) is 20.1 Å². The summed E-state index contributed by atoms with van der Waals surface area (Å²) in [5.74, 6) is 0.891. The summed E-state index contributed by atoms with van der Waals surface area (Å²) in [4.78, 5) is 22.6. The maximum Gasteiger partial charge on any atom is 0.218 e. The van der Waals surface area contributed by atoms with Crippen LogP contribution in [0.25, 0.3) is 16.7 Å². The standard InChI is InChI=1S/C32H29Cl2N3O2S/c1-31(34)25(23-7-4-3-5-8-23)9-6-13-32(31,30-36-27-18-21(20-38)17-26(33)29(27)39-30)40-28-19-24(10-14-35-28)22-11-15-37(2)16-12-22/h3-10,13-14,17-20,22H,11-12,15-16H2,1-2H3. The first-order valence-electron chi connectivity index (χ1n) is 13.3. The van der Waals surface area contributed by atoms with Crippen molar-refractivity contribution in [3.8, 4) is 0 Å². The fourth-order valence-corrected chi connectivity index (χ4v) is 7.66. The number of hydrogen-bond acceptors (Lipinski definition) is 6. The van der Waals surface area contributed by atoms with Gasteiger partial charge in [-0.2, -0.15) is 0 Å². The summed E-state index contributed by atoms with van der Waals surface area (Å²) >= 11 is 15.7.